The van der Waals surface area contributed by atoms with Gasteiger partial charge in [-0.05, 0) is 30.0 Å². The fourth-order valence-electron chi connectivity index (χ4n) is 2.17. The van der Waals surface area contributed by atoms with Crippen molar-refractivity contribution in [3.63, 3.8) is 0 Å². The van der Waals surface area contributed by atoms with Gasteiger partial charge in [-0.3, -0.25) is 4.79 Å². The molecule has 0 amide bonds. The first-order chi connectivity index (χ1) is 10.1. The Balaban J connectivity index is 2.22. The molecule has 108 valence electrons. The summed E-state index contributed by atoms with van der Waals surface area (Å²) in [6.45, 7) is 1.91. The molecule has 1 N–H and O–H groups in total. The molecule has 6 heteroatoms. The maximum absolute atomic E-state index is 12.2. The number of aromatic nitrogens is 2. The molecular weight excluding hydrogens is 288 g/mol. The van der Waals surface area contributed by atoms with Gasteiger partial charge in [0.15, 0.2) is 0 Å². The number of methoxy groups -OCH3 is 2. The molecule has 0 saturated carbocycles. The van der Waals surface area contributed by atoms with E-state index < -0.39 is 0 Å². The number of nitrogens with one attached hydrogen (secondary N) is 1. The van der Waals surface area contributed by atoms with Gasteiger partial charge in [0.1, 0.15) is 22.2 Å². The van der Waals surface area contributed by atoms with Crippen LogP contribution in [0.2, 0.25) is 0 Å². The monoisotopic (exact) mass is 302 g/mol. The van der Waals surface area contributed by atoms with E-state index in [1.807, 2.05) is 24.4 Å². The van der Waals surface area contributed by atoms with Crippen LogP contribution in [0, 0.1) is 6.92 Å². The van der Waals surface area contributed by atoms with Gasteiger partial charge in [0.25, 0.3) is 5.56 Å². The lowest BCUT2D eigenvalue weighted by molar-refractivity contribution is 0.394. The highest BCUT2D eigenvalue weighted by Crippen LogP contribution is 2.29. The first-order valence-corrected chi connectivity index (χ1v) is 7.22. The second kappa shape index (κ2) is 5.21. The Bertz CT molecular complexity index is 845. The Morgan fingerprint density at radius 2 is 1.81 bits per heavy atom. The van der Waals surface area contributed by atoms with Gasteiger partial charge in [-0.25, -0.2) is 4.98 Å². The lowest BCUT2D eigenvalue weighted by atomic mass is 10.2. The highest BCUT2D eigenvalue weighted by atomic mass is 32.1. The van der Waals surface area contributed by atoms with Crippen LogP contribution < -0.4 is 15.0 Å². The molecule has 0 atom stereocenters. The molecule has 0 saturated heterocycles. The highest BCUT2D eigenvalue weighted by Gasteiger charge is 2.11. The first kappa shape index (κ1) is 13.6. The van der Waals surface area contributed by atoms with E-state index in [0.717, 1.165) is 16.0 Å². The number of aromatic amines is 1. The van der Waals surface area contributed by atoms with Gasteiger partial charge in [0.2, 0.25) is 0 Å². The van der Waals surface area contributed by atoms with Crippen molar-refractivity contribution in [1.29, 1.82) is 0 Å². The smallest absolute Gasteiger partial charge is 0.260 e. The van der Waals surface area contributed by atoms with Gasteiger partial charge in [0, 0.05) is 11.6 Å². The Morgan fingerprint density at radius 1 is 1.14 bits per heavy atom. The van der Waals surface area contributed by atoms with Gasteiger partial charge in [-0.1, -0.05) is 0 Å². The number of ether oxygens (including phenoxy) is 2. The van der Waals surface area contributed by atoms with Crippen molar-refractivity contribution in [1.82, 2.24) is 9.97 Å². The van der Waals surface area contributed by atoms with Gasteiger partial charge < -0.3 is 14.5 Å². The molecule has 0 aliphatic rings. The highest BCUT2D eigenvalue weighted by molar-refractivity contribution is 7.16. The lowest BCUT2D eigenvalue weighted by Crippen LogP contribution is -2.09. The third-order valence-corrected chi connectivity index (χ3v) is 4.24. The molecule has 0 fully saturated rings. The van der Waals surface area contributed by atoms with E-state index in [1.165, 1.54) is 11.3 Å². The van der Waals surface area contributed by atoms with Crippen molar-refractivity contribution in [2.24, 2.45) is 0 Å². The van der Waals surface area contributed by atoms with Crippen molar-refractivity contribution in [3.05, 3.63) is 39.5 Å². The van der Waals surface area contributed by atoms with Crippen LogP contribution in [-0.4, -0.2) is 24.2 Å². The zero-order valence-electron chi connectivity index (χ0n) is 11.9. The molecule has 0 spiro atoms. The SMILES string of the molecule is COc1cc(OC)cc(-c2nc3scc(C)c3c(=O)[nH]2)c1. The summed E-state index contributed by atoms with van der Waals surface area (Å²) in [6.07, 6.45) is 0. The van der Waals surface area contributed by atoms with Crippen LogP contribution in [0.4, 0.5) is 0 Å². The van der Waals surface area contributed by atoms with E-state index in [9.17, 15) is 4.79 Å². The standard InChI is InChI=1S/C15H14N2O3S/c1-8-7-21-15-12(8)14(18)16-13(17-15)9-4-10(19-2)6-11(5-9)20-3/h4-7H,1-3H3,(H,16,17,18). The minimum Gasteiger partial charge on any atom is -0.497 e. The second-order valence-corrected chi connectivity index (χ2v) is 5.47. The molecule has 3 aromatic rings. The summed E-state index contributed by atoms with van der Waals surface area (Å²) in [6, 6.07) is 5.40. The molecule has 2 heterocycles. The molecular formula is C15H14N2O3S. The number of hydrogen-bond donors (Lipinski definition) is 1. The van der Waals surface area contributed by atoms with Crippen molar-refractivity contribution < 1.29 is 9.47 Å². The summed E-state index contributed by atoms with van der Waals surface area (Å²) in [7, 11) is 3.17. The minimum atomic E-state index is -0.129. The number of aryl methyl sites for hydroxylation is 1. The molecule has 0 unspecified atom stereocenters. The van der Waals surface area contributed by atoms with Crippen LogP contribution in [0.15, 0.2) is 28.4 Å². The van der Waals surface area contributed by atoms with Crippen molar-refractivity contribution >= 4 is 21.6 Å². The molecule has 1 aromatic carbocycles. The van der Waals surface area contributed by atoms with Gasteiger partial charge in [0.05, 0.1) is 19.6 Å². The minimum absolute atomic E-state index is 0.129. The lowest BCUT2D eigenvalue weighted by Gasteiger charge is -2.08. The summed E-state index contributed by atoms with van der Waals surface area (Å²) >= 11 is 1.46. The third-order valence-electron chi connectivity index (χ3n) is 3.25. The zero-order valence-corrected chi connectivity index (χ0v) is 12.7. The maximum atomic E-state index is 12.2. The average Bonchev–Trinajstić information content (AvgIpc) is 2.88. The average molecular weight is 302 g/mol. The van der Waals surface area contributed by atoms with Crippen LogP contribution in [-0.2, 0) is 0 Å². The normalized spacial score (nSPS) is 10.8. The summed E-state index contributed by atoms with van der Waals surface area (Å²) in [5.74, 6) is 1.80. The largest absolute Gasteiger partial charge is 0.497 e. The molecule has 0 aliphatic carbocycles. The van der Waals surface area contributed by atoms with Crippen molar-refractivity contribution in [3.8, 4) is 22.9 Å². The topological polar surface area (TPSA) is 64.2 Å². The van der Waals surface area contributed by atoms with Gasteiger partial charge in [-0.15, -0.1) is 11.3 Å². The molecule has 2 aromatic heterocycles. The number of hydrogen-bond acceptors (Lipinski definition) is 5. The fourth-order valence-corrected chi connectivity index (χ4v) is 3.09. The molecule has 5 nitrogen and oxygen atoms in total. The molecule has 0 bridgehead atoms. The summed E-state index contributed by atoms with van der Waals surface area (Å²) < 4.78 is 10.5. The predicted molar refractivity (Wildman–Crippen MR) is 83.5 cm³/mol. The van der Waals surface area contributed by atoms with E-state index in [0.29, 0.717) is 22.7 Å². The summed E-state index contributed by atoms with van der Waals surface area (Å²) in [5, 5.41) is 2.58. The van der Waals surface area contributed by atoms with E-state index in [2.05, 4.69) is 9.97 Å². The second-order valence-electron chi connectivity index (χ2n) is 4.61. The Labute approximate surface area is 125 Å². The number of fused-ring (bicyclic) bond motifs is 1. The number of nitrogens with zero attached hydrogens (tertiary/aromatic N) is 1. The molecule has 0 aliphatic heterocycles. The van der Waals surface area contributed by atoms with E-state index >= 15 is 0 Å². The first-order valence-electron chi connectivity index (χ1n) is 6.34. The zero-order chi connectivity index (χ0) is 15.0. The van der Waals surface area contributed by atoms with Crippen molar-refractivity contribution in [2.45, 2.75) is 6.92 Å². The molecule has 3 rings (SSSR count). The number of thiophene rings is 1. The quantitative estimate of drug-likeness (QED) is 0.808. The van der Waals surface area contributed by atoms with Gasteiger partial charge in [-0.2, -0.15) is 0 Å². The number of H-pyrrole nitrogens is 1. The van der Waals surface area contributed by atoms with Crippen LogP contribution >= 0.6 is 11.3 Å². The molecule has 0 radical (unpaired) electrons. The summed E-state index contributed by atoms with van der Waals surface area (Å²) in [5.41, 5.74) is 1.56. The summed E-state index contributed by atoms with van der Waals surface area (Å²) in [4.78, 5) is 20.3. The Hall–Kier alpha value is -2.34. The van der Waals surface area contributed by atoms with Crippen LogP contribution in [0.1, 0.15) is 5.56 Å². The Morgan fingerprint density at radius 3 is 2.43 bits per heavy atom. The fraction of sp³-hybridized carbons (Fsp3) is 0.200. The van der Waals surface area contributed by atoms with Crippen LogP contribution in [0.5, 0.6) is 11.5 Å². The predicted octanol–water partition coefficient (Wildman–Crippen LogP) is 2.98. The van der Waals surface area contributed by atoms with Crippen LogP contribution in [0.3, 0.4) is 0 Å². The number of benzene rings is 1. The Kier molecular flexibility index (Phi) is 3.39. The maximum Gasteiger partial charge on any atom is 0.260 e. The third kappa shape index (κ3) is 2.38. The van der Waals surface area contributed by atoms with E-state index in [-0.39, 0.29) is 5.56 Å². The van der Waals surface area contributed by atoms with Crippen molar-refractivity contribution in [2.75, 3.05) is 14.2 Å². The van der Waals surface area contributed by atoms with E-state index in [4.69, 9.17) is 9.47 Å². The van der Waals surface area contributed by atoms with E-state index in [1.54, 1.807) is 20.3 Å². The number of rotatable bonds is 3. The van der Waals surface area contributed by atoms with Crippen LogP contribution in [0.25, 0.3) is 21.6 Å². The van der Waals surface area contributed by atoms with Gasteiger partial charge >= 0.3 is 0 Å². The molecule has 21 heavy (non-hydrogen) atoms.